The second-order valence-electron chi connectivity index (χ2n) is 4.47. The first-order chi connectivity index (χ1) is 11.1. The SMILES string of the molecule is O=C(Nc1cccnc1C(=O)O)c1cc(O)cc(S(=O)(=O)O)c1O. The Morgan fingerprint density at radius 2 is 1.83 bits per heavy atom. The fourth-order valence-electron chi connectivity index (χ4n) is 1.83. The standard InChI is InChI=1S/C13H10N2O8S/c16-6-4-7(11(17)9(5-6)24(21,22)23)12(18)15-8-2-1-3-14-10(8)13(19)20/h1-5,16-17H,(H,15,18)(H,19,20)(H,21,22,23). The number of aromatic carboxylic acids is 1. The number of carboxylic acids is 1. The van der Waals surface area contributed by atoms with Crippen molar-refractivity contribution in [1.82, 2.24) is 4.98 Å². The van der Waals surface area contributed by atoms with Crippen LogP contribution in [0, 0.1) is 0 Å². The Kier molecular flexibility index (Phi) is 4.39. The van der Waals surface area contributed by atoms with E-state index < -0.39 is 49.6 Å². The van der Waals surface area contributed by atoms with Gasteiger partial charge in [0.05, 0.1) is 11.3 Å². The van der Waals surface area contributed by atoms with Crippen molar-refractivity contribution in [2.45, 2.75) is 4.90 Å². The van der Waals surface area contributed by atoms with Crippen molar-refractivity contribution in [3.8, 4) is 11.5 Å². The normalized spacial score (nSPS) is 11.0. The monoisotopic (exact) mass is 354 g/mol. The average molecular weight is 354 g/mol. The van der Waals surface area contributed by atoms with Gasteiger partial charge in [-0.3, -0.25) is 9.35 Å². The summed E-state index contributed by atoms with van der Waals surface area (Å²) in [6.07, 6.45) is 1.18. The van der Waals surface area contributed by atoms with E-state index in [2.05, 4.69) is 10.3 Å². The first-order valence-electron chi connectivity index (χ1n) is 6.14. The molecule has 1 heterocycles. The van der Waals surface area contributed by atoms with Crippen LogP contribution in [0.4, 0.5) is 5.69 Å². The average Bonchev–Trinajstić information content (AvgIpc) is 2.48. The second kappa shape index (κ2) is 6.14. The Labute approximate surface area is 134 Å². The molecule has 0 radical (unpaired) electrons. The summed E-state index contributed by atoms with van der Waals surface area (Å²) in [6, 6.07) is 3.86. The number of pyridine rings is 1. The van der Waals surface area contributed by atoms with E-state index in [9.17, 15) is 28.2 Å². The number of hydrogen-bond donors (Lipinski definition) is 5. The van der Waals surface area contributed by atoms with Gasteiger partial charge in [0.25, 0.3) is 16.0 Å². The summed E-state index contributed by atoms with van der Waals surface area (Å²) in [5.41, 5.74) is -1.39. The van der Waals surface area contributed by atoms with Gasteiger partial charge in [0.1, 0.15) is 16.4 Å². The minimum Gasteiger partial charge on any atom is -0.508 e. The van der Waals surface area contributed by atoms with E-state index in [0.717, 1.165) is 6.07 Å². The third kappa shape index (κ3) is 3.42. The second-order valence-corrected chi connectivity index (χ2v) is 5.86. The number of benzene rings is 1. The molecule has 126 valence electrons. The fraction of sp³-hybridized carbons (Fsp3) is 0. The van der Waals surface area contributed by atoms with Gasteiger partial charge in [-0.2, -0.15) is 8.42 Å². The van der Waals surface area contributed by atoms with Crippen molar-refractivity contribution in [3.63, 3.8) is 0 Å². The molecule has 24 heavy (non-hydrogen) atoms. The molecule has 0 aliphatic rings. The number of nitrogens with one attached hydrogen (secondary N) is 1. The summed E-state index contributed by atoms with van der Waals surface area (Å²) in [6.45, 7) is 0. The highest BCUT2D eigenvalue weighted by atomic mass is 32.2. The van der Waals surface area contributed by atoms with Crippen LogP contribution in [0.5, 0.6) is 11.5 Å². The molecule has 0 saturated carbocycles. The number of carbonyl (C=O) groups excluding carboxylic acids is 1. The summed E-state index contributed by atoms with van der Waals surface area (Å²) in [7, 11) is -4.90. The van der Waals surface area contributed by atoms with Crippen molar-refractivity contribution >= 4 is 27.7 Å². The summed E-state index contributed by atoms with van der Waals surface area (Å²) >= 11 is 0. The van der Waals surface area contributed by atoms with Gasteiger partial charge in [0.15, 0.2) is 5.69 Å². The lowest BCUT2D eigenvalue weighted by atomic mass is 10.1. The highest BCUT2D eigenvalue weighted by molar-refractivity contribution is 7.86. The largest absolute Gasteiger partial charge is 0.508 e. The van der Waals surface area contributed by atoms with Crippen LogP contribution in [-0.4, -0.2) is 45.2 Å². The Hall–Kier alpha value is -3.18. The number of amides is 1. The van der Waals surface area contributed by atoms with Crippen molar-refractivity contribution in [2.24, 2.45) is 0 Å². The Morgan fingerprint density at radius 3 is 2.42 bits per heavy atom. The lowest BCUT2D eigenvalue weighted by Crippen LogP contribution is -2.16. The number of hydrogen-bond acceptors (Lipinski definition) is 7. The predicted molar refractivity (Wildman–Crippen MR) is 78.7 cm³/mol. The van der Waals surface area contributed by atoms with Gasteiger partial charge < -0.3 is 20.6 Å². The topological polar surface area (TPSA) is 174 Å². The number of anilines is 1. The maximum absolute atomic E-state index is 12.2. The summed E-state index contributed by atoms with van der Waals surface area (Å²) < 4.78 is 31.3. The van der Waals surface area contributed by atoms with Crippen molar-refractivity contribution < 1.29 is 37.9 Å². The Morgan fingerprint density at radius 1 is 1.17 bits per heavy atom. The number of phenolic OH excluding ortho intramolecular Hbond substituents is 2. The molecule has 11 heteroatoms. The fourth-order valence-corrected chi connectivity index (χ4v) is 2.45. The van der Waals surface area contributed by atoms with E-state index in [0.29, 0.717) is 6.07 Å². The van der Waals surface area contributed by atoms with Crippen LogP contribution in [0.3, 0.4) is 0 Å². The van der Waals surface area contributed by atoms with Gasteiger partial charge in [-0.15, -0.1) is 0 Å². The molecule has 0 unspecified atom stereocenters. The summed E-state index contributed by atoms with van der Waals surface area (Å²) in [5.74, 6) is -4.36. The molecule has 0 spiro atoms. The molecule has 0 aliphatic heterocycles. The molecule has 2 aromatic rings. The molecule has 0 atom stereocenters. The van der Waals surface area contributed by atoms with Crippen LogP contribution < -0.4 is 5.32 Å². The van der Waals surface area contributed by atoms with E-state index in [-0.39, 0.29) is 5.69 Å². The first kappa shape index (κ1) is 17.2. The first-order valence-corrected chi connectivity index (χ1v) is 7.58. The lowest BCUT2D eigenvalue weighted by Gasteiger charge is -2.11. The van der Waals surface area contributed by atoms with Gasteiger partial charge in [0.2, 0.25) is 0 Å². The smallest absolute Gasteiger partial charge is 0.356 e. The Bertz CT molecular complexity index is 939. The number of aromatic nitrogens is 1. The van der Waals surface area contributed by atoms with Gasteiger partial charge in [-0.25, -0.2) is 9.78 Å². The number of rotatable bonds is 4. The molecule has 0 fully saturated rings. The Balaban J connectivity index is 2.49. The number of carboxylic acid groups (broad SMARTS) is 1. The number of phenols is 2. The van der Waals surface area contributed by atoms with E-state index in [1.165, 1.54) is 18.3 Å². The number of carbonyl (C=O) groups is 2. The summed E-state index contributed by atoms with van der Waals surface area (Å²) in [5, 5.41) is 30.4. The van der Waals surface area contributed by atoms with Crippen LogP contribution in [0.15, 0.2) is 35.4 Å². The number of nitrogens with zero attached hydrogens (tertiary/aromatic N) is 1. The van der Waals surface area contributed by atoms with E-state index in [4.69, 9.17) is 9.66 Å². The van der Waals surface area contributed by atoms with Crippen LogP contribution >= 0.6 is 0 Å². The van der Waals surface area contributed by atoms with Crippen molar-refractivity contribution in [2.75, 3.05) is 5.32 Å². The zero-order valence-electron chi connectivity index (χ0n) is 11.7. The third-order valence-corrected chi connectivity index (χ3v) is 3.71. The van der Waals surface area contributed by atoms with Gasteiger partial charge in [-0.05, 0) is 18.2 Å². The zero-order valence-corrected chi connectivity index (χ0v) is 12.5. The maximum Gasteiger partial charge on any atom is 0.356 e. The molecular formula is C13H10N2O8S. The summed E-state index contributed by atoms with van der Waals surface area (Å²) in [4.78, 5) is 25.7. The molecule has 0 aliphatic carbocycles. The highest BCUT2D eigenvalue weighted by Crippen LogP contribution is 2.32. The minimum atomic E-state index is -4.90. The van der Waals surface area contributed by atoms with Gasteiger partial charge in [-0.1, -0.05) is 0 Å². The zero-order chi connectivity index (χ0) is 18.1. The molecule has 1 aromatic heterocycles. The molecule has 0 bridgehead atoms. The van der Waals surface area contributed by atoms with E-state index in [1.54, 1.807) is 0 Å². The number of aromatic hydroxyl groups is 2. The molecule has 5 N–H and O–H groups in total. The van der Waals surface area contributed by atoms with Crippen LogP contribution in [0.1, 0.15) is 20.8 Å². The van der Waals surface area contributed by atoms with Crippen LogP contribution in [-0.2, 0) is 10.1 Å². The van der Waals surface area contributed by atoms with Crippen molar-refractivity contribution in [1.29, 1.82) is 0 Å². The predicted octanol–water partition coefficient (Wildman–Crippen LogP) is 0.690. The third-order valence-electron chi connectivity index (χ3n) is 2.84. The highest BCUT2D eigenvalue weighted by Gasteiger charge is 2.24. The van der Waals surface area contributed by atoms with E-state index in [1.807, 2.05) is 0 Å². The van der Waals surface area contributed by atoms with Crippen LogP contribution in [0.2, 0.25) is 0 Å². The van der Waals surface area contributed by atoms with Gasteiger partial charge >= 0.3 is 5.97 Å². The molecule has 2 rings (SSSR count). The molecule has 1 amide bonds. The molecular weight excluding hydrogens is 344 g/mol. The van der Waals surface area contributed by atoms with E-state index >= 15 is 0 Å². The van der Waals surface area contributed by atoms with Crippen LogP contribution in [0.25, 0.3) is 0 Å². The lowest BCUT2D eigenvalue weighted by molar-refractivity contribution is 0.0691. The van der Waals surface area contributed by atoms with Crippen molar-refractivity contribution in [3.05, 3.63) is 41.7 Å². The minimum absolute atomic E-state index is 0.217. The van der Waals surface area contributed by atoms with Gasteiger partial charge in [0, 0.05) is 12.3 Å². The maximum atomic E-state index is 12.2. The molecule has 10 nitrogen and oxygen atoms in total. The molecule has 1 aromatic carbocycles. The molecule has 0 saturated heterocycles. The quantitative estimate of drug-likeness (QED) is 0.391.